The first-order valence-corrected chi connectivity index (χ1v) is 5.93. The van der Waals surface area contributed by atoms with Gasteiger partial charge in [-0.3, -0.25) is 0 Å². The number of hydrogen-bond donors (Lipinski definition) is 1. The van der Waals surface area contributed by atoms with Crippen LogP contribution in [0.5, 0.6) is 0 Å². The van der Waals surface area contributed by atoms with Crippen molar-refractivity contribution in [2.24, 2.45) is 11.3 Å². The minimum atomic E-state index is 0.604. The predicted octanol–water partition coefficient (Wildman–Crippen LogP) is 2.71. The summed E-state index contributed by atoms with van der Waals surface area (Å²) in [6.07, 6.45) is 8.73. The number of nitrogens with one attached hydrogen (secondary N) is 1. The van der Waals surface area contributed by atoms with Crippen LogP contribution in [0.25, 0.3) is 0 Å². The third kappa shape index (κ3) is 0.869. The lowest BCUT2D eigenvalue weighted by Crippen LogP contribution is -2.74. The van der Waals surface area contributed by atoms with E-state index in [1.807, 2.05) is 0 Å². The van der Waals surface area contributed by atoms with E-state index in [0.717, 1.165) is 12.0 Å². The van der Waals surface area contributed by atoms with E-state index in [4.69, 9.17) is 0 Å². The Morgan fingerprint density at radius 2 is 1.77 bits per heavy atom. The SMILES string of the molecule is CC1CC[C@H]1NC12CCC1(C)CC2. The third-order valence-electron chi connectivity index (χ3n) is 5.44. The Morgan fingerprint density at radius 3 is 2.00 bits per heavy atom. The highest BCUT2D eigenvalue weighted by molar-refractivity contribution is 5.19. The van der Waals surface area contributed by atoms with E-state index in [9.17, 15) is 0 Å². The summed E-state index contributed by atoms with van der Waals surface area (Å²) in [4.78, 5) is 0. The highest BCUT2D eigenvalue weighted by Crippen LogP contribution is 2.64. The van der Waals surface area contributed by atoms with Gasteiger partial charge in [0.2, 0.25) is 0 Å². The van der Waals surface area contributed by atoms with E-state index in [0.29, 0.717) is 11.0 Å². The van der Waals surface area contributed by atoms with E-state index in [-0.39, 0.29) is 0 Å². The summed E-state index contributed by atoms with van der Waals surface area (Å²) < 4.78 is 0. The lowest BCUT2D eigenvalue weighted by atomic mass is 9.43. The Bertz CT molecular complexity index is 225. The van der Waals surface area contributed by atoms with Crippen LogP contribution >= 0.6 is 0 Å². The summed E-state index contributed by atoms with van der Waals surface area (Å²) in [5.74, 6) is 0.944. The molecule has 0 heterocycles. The molecule has 1 unspecified atom stereocenters. The molecule has 2 atom stereocenters. The zero-order chi connectivity index (χ0) is 9.10. The van der Waals surface area contributed by atoms with Crippen molar-refractivity contribution in [2.75, 3.05) is 0 Å². The first-order chi connectivity index (χ1) is 6.15. The Hall–Kier alpha value is -0.0400. The van der Waals surface area contributed by atoms with E-state index in [2.05, 4.69) is 19.2 Å². The maximum absolute atomic E-state index is 3.96. The van der Waals surface area contributed by atoms with Crippen molar-refractivity contribution in [1.82, 2.24) is 5.32 Å². The van der Waals surface area contributed by atoms with Gasteiger partial charge in [0, 0.05) is 11.6 Å². The lowest BCUT2D eigenvalue weighted by Gasteiger charge is -2.69. The Balaban J connectivity index is 1.66. The Morgan fingerprint density at radius 1 is 1.08 bits per heavy atom. The maximum atomic E-state index is 3.96. The van der Waals surface area contributed by atoms with Gasteiger partial charge in [0.15, 0.2) is 0 Å². The van der Waals surface area contributed by atoms with Crippen molar-refractivity contribution in [3.8, 4) is 0 Å². The van der Waals surface area contributed by atoms with Crippen LogP contribution in [0, 0.1) is 11.3 Å². The molecule has 3 saturated carbocycles. The average Bonchev–Trinajstić information content (AvgIpc) is 2.14. The molecule has 0 bridgehead atoms. The average molecular weight is 179 g/mol. The molecule has 0 aliphatic heterocycles. The second-order valence-corrected chi connectivity index (χ2v) is 5.95. The number of hydrogen-bond acceptors (Lipinski definition) is 1. The van der Waals surface area contributed by atoms with Gasteiger partial charge in [-0.15, -0.1) is 0 Å². The van der Waals surface area contributed by atoms with Gasteiger partial charge in [-0.05, 0) is 49.9 Å². The normalized spacial score (nSPS) is 58.6. The summed E-state index contributed by atoms with van der Waals surface area (Å²) in [6.45, 7) is 4.88. The number of fused-ring (bicyclic) bond motifs is 1. The van der Waals surface area contributed by atoms with Crippen LogP contribution in [-0.2, 0) is 0 Å². The molecule has 74 valence electrons. The highest BCUT2D eigenvalue weighted by Gasteiger charge is 2.63. The fraction of sp³-hybridized carbons (Fsp3) is 1.00. The largest absolute Gasteiger partial charge is 0.308 e. The van der Waals surface area contributed by atoms with Crippen molar-refractivity contribution in [3.05, 3.63) is 0 Å². The van der Waals surface area contributed by atoms with Gasteiger partial charge in [0.05, 0.1) is 0 Å². The second-order valence-electron chi connectivity index (χ2n) is 5.95. The van der Waals surface area contributed by atoms with E-state index >= 15 is 0 Å². The fourth-order valence-electron chi connectivity index (χ4n) is 3.51. The van der Waals surface area contributed by atoms with Crippen LogP contribution in [0.1, 0.15) is 52.4 Å². The smallest absolute Gasteiger partial charge is 0.0238 e. The first kappa shape index (κ1) is 8.28. The van der Waals surface area contributed by atoms with Gasteiger partial charge in [0.1, 0.15) is 0 Å². The Labute approximate surface area is 81.3 Å². The Kier molecular flexibility index (Phi) is 1.47. The summed E-state index contributed by atoms with van der Waals surface area (Å²) >= 11 is 0. The van der Waals surface area contributed by atoms with Crippen molar-refractivity contribution >= 4 is 0 Å². The second kappa shape index (κ2) is 2.31. The van der Waals surface area contributed by atoms with Crippen molar-refractivity contribution < 1.29 is 0 Å². The van der Waals surface area contributed by atoms with Gasteiger partial charge in [-0.2, -0.15) is 0 Å². The molecule has 0 spiro atoms. The molecule has 3 aliphatic carbocycles. The van der Waals surface area contributed by atoms with Crippen LogP contribution in [0.15, 0.2) is 0 Å². The van der Waals surface area contributed by atoms with Gasteiger partial charge in [-0.25, -0.2) is 0 Å². The molecule has 13 heavy (non-hydrogen) atoms. The zero-order valence-corrected chi connectivity index (χ0v) is 8.90. The summed E-state index contributed by atoms with van der Waals surface area (Å²) in [7, 11) is 0. The molecular weight excluding hydrogens is 158 g/mol. The quantitative estimate of drug-likeness (QED) is 0.687. The van der Waals surface area contributed by atoms with Crippen LogP contribution in [0.3, 0.4) is 0 Å². The predicted molar refractivity (Wildman–Crippen MR) is 54.6 cm³/mol. The molecule has 0 aromatic heterocycles. The van der Waals surface area contributed by atoms with E-state index in [1.165, 1.54) is 38.5 Å². The lowest BCUT2D eigenvalue weighted by molar-refractivity contribution is -0.128. The van der Waals surface area contributed by atoms with Crippen LogP contribution in [0.4, 0.5) is 0 Å². The third-order valence-corrected chi connectivity index (χ3v) is 5.44. The molecule has 0 saturated heterocycles. The monoisotopic (exact) mass is 179 g/mol. The minimum Gasteiger partial charge on any atom is -0.308 e. The molecular formula is C12H21N. The van der Waals surface area contributed by atoms with Crippen molar-refractivity contribution in [2.45, 2.75) is 64.0 Å². The van der Waals surface area contributed by atoms with E-state index in [1.54, 1.807) is 0 Å². The van der Waals surface area contributed by atoms with Crippen LogP contribution in [0.2, 0.25) is 0 Å². The number of rotatable bonds is 2. The van der Waals surface area contributed by atoms with Gasteiger partial charge < -0.3 is 5.32 Å². The van der Waals surface area contributed by atoms with Crippen molar-refractivity contribution in [3.63, 3.8) is 0 Å². The topological polar surface area (TPSA) is 12.0 Å². The summed E-state index contributed by atoms with van der Waals surface area (Å²) in [5, 5.41) is 3.96. The summed E-state index contributed by atoms with van der Waals surface area (Å²) in [6, 6.07) is 0.861. The zero-order valence-electron chi connectivity index (χ0n) is 8.90. The first-order valence-electron chi connectivity index (χ1n) is 5.93. The van der Waals surface area contributed by atoms with Gasteiger partial charge in [0.25, 0.3) is 0 Å². The van der Waals surface area contributed by atoms with Crippen LogP contribution < -0.4 is 5.32 Å². The molecule has 0 aromatic rings. The highest BCUT2D eigenvalue weighted by atomic mass is 15.1. The molecule has 1 N–H and O–H groups in total. The molecule has 3 fully saturated rings. The fourth-order valence-corrected chi connectivity index (χ4v) is 3.51. The van der Waals surface area contributed by atoms with E-state index < -0.39 is 0 Å². The maximum Gasteiger partial charge on any atom is 0.0238 e. The molecule has 0 aromatic carbocycles. The molecule has 1 heteroatoms. The molecule has 3 aliphatic rings. The molecule has 0 amide bonds. The molecule has 3 rings (SSSR count). The van der Waals surface area contributed by atoms with Crippen molar-refractivity contribution in [1.29, 1.82) is 0 Å². The van der Waals surface area contributed by atoms with Gasteiger partial charge in [-0.1, -0.05) is 13.8 Å². The molecule has 0 radical (unpaired) electrons. The molecule has 1 nitrogen and oxygen atoms in total. The van der Waals surface area contributed by atoms with Gasteiger partial charge >= 0.3 is 0 Å². The standard InChI is InChI=1S/C12H21N/c1-9-3-4-10(9)13-12-7-5-11(12,2)6-8-12/h9-10,13H,3-8H2,1-2H3/t9?,10-,11?,12?/m1/s1. The van der Waals surface area contributed by atoms with Crippen LogP contribution in [-0.4, -0.2) is 11.6 Å². The minimum absolute atomic E-state index is 0.604. The summed E-state index contributed by atoms with van der Waals surface area (Å²) in [5.41, 5.74) is 1.30.